The van der Waals surface area contributed by atoms with Gasteiger partial charge in [0.1, 0.15) is 0 Å². The zero-order valence-electron chi connectivity index (χ0n) is 29.8. The second-order valence-electron chi connectivity index (χ2n) is 13.8. The van der Waals surface area contributed by atoms with Gasteiger partial charge in [-0.3, -0.25) is 4.79 Å². The number of carbonyl (C=O) groups is 1. The fourth-order valence-corrected chi connectivity index (χ4v) is 7.79. The molecule has 0 saturated carbocycles. The number of aryl methyl sites for hydroxylation is 1. The molecular formula is C51H37NO. The molecule has 8 aromatic carbocycles. The van der Waals surface area contributed by atoms with Gasteiger partial charge in [0, 0.05) is 22.0 Å². The maximum Gasteiger partial charge on any atom is 0.160 e. The molecule has 252 valence electrons. The Balaban J connectivity index is 1.11. The molecule has 1 heterocycles. The van der Waals surface area contributed by atoms with Crippen LogP contribution in [0.25, 0.3) is 83.1 Å². The maximum absolute atomic E-state index is 13.3. The van der Waals surface area contributed by atoms with Gasteiger partial charge in [-0.25, -0.2) is 0 Å². The second-order valence-corrected chi connectivity index (χ2v) is 13.8. The van der Waals surface area contributed by atoms with Crippen LogP contribution in [0.4, 0.5) is 0 Å². The molecule has 9 rings (SSSR count). The van der Waals surface area contributed by atoms with E-state index in [0.717, 1.165) is 72.4 Å². The van der Waals surface area contributed by atoms with Crippen LogP contribution in [0, 0.1) is 6.92 Å². The van der Waals surface area contributed by atoms with Crippen LogP contribution in [0.1, 0.15) is 22.8 Å². The van der Waals surface area contributed by atoms with Crippen molar-refractivity contribution in [1.82, 2.24) is 4.57 Å². The van der Waals surface area contributed by atoms with Gasteiger partial charge >= 0.3 is 0 Å². The molecule has 0 radical (unpaired) electrons. The van der Waals surface area contributed by atoms with Gasteiger partial charge in [0.25, 0.3) is 0 Å². The van der Waals surface area contributed by atoms with Crippen molar-refractivity contribution in [3.8, 4) is 61.3 Å². The standard InChI is InChI=1S/C51H37NO/c1-34-28-38(39-24-27-51-49(33-39)47-20-12-13-21-50(47)52(51)44-18-10-5-11-19-44)22-25-45(34)46-26-23-40(32-48(46)35(2)53)43-30-41(36-14-6-3-7-15-36)29-42(31-43)37-16-8-4-9-17-37/h3-33H,1-2H3. The first-order chi connectivity index (χ1) is 26.0. The molecule has 0 bridgehead atoms. The minimum Gasteiger partial charge on any atom is -0.309 e. The summed E-state index contributed by atoms with van der Waals surface area (Å²) in [4.78, 5) is 13.3. The van der Waals surface area contributed by atoms with E-state index in [-0.39, 0.29) is 5.78 Å². The Bertz CT molecular complexity index is 2740. The Hall–Kier alpha value is -6.77. The highest BCUT2D eigenvalue weighted by Crippen LogP contribution is 2.39. The molecule has 9 aromatic rings. The predicted molar refractivity (Wildman–Crippen MR) is 223 cm³/mol. The van der Waals surface area contributed by atoms with Crippen molar-refractivity contribution in [3.63, 3.8) is 0 Å². The van der Waals surface area contributed by atoms with Crippen LogP contribution < -0.4 is 0 Å². The van der Waals surface area contributed by atoms with Crippen molar-refractivity contribution in [2.45, 2.75) is 13.8 Å². The fraction of sp³-hybridized carbons (Fsp3) is 0.0392. The van der Waals surface area contributed by atoms with Gasteiger partial charge in [0.2, 0.25) is 0 Å². The SMILES string of the molecule is CC(=O)c1cc(-c2cc(-c3ccccc3)cc(-c3ccccc3)c2)ccc1-c1ccc(-c2ccc3c(c2)c2ccccc2n3-c2ccccc2)cc1C. The number of benzene rings is 8. The maximum atomic E-state index is 13.3. The largest absolute Gasteiger partial charge is 0.309 e. The Morgan fingerprint density at radius 1 is 0.396 bits per heavy atom. The average Bonchev–Trinajstić information content (AvgIpc) is 3.55. The molecule has 0 unspecified atom stereocenters. The van der Waals surface area contributed by atoms with Gasteiger partial charge in [0.05, 0.1) is 11.0 Å². The van der Waals surface area contributed by atoms with E-state index in [1.165, 1.54) is 21.8 Å². The van der Waals surface area contributed by atoms with Gasteiger partial charge in [-0.15, -0.1) is 0 Å². The van der Waals surface area contributed by atoms with Gasteiger partial charge in [-0.2, -0.15) is 0 Å². The molecule has 53 heavy (non-hydrogen) atoms. The molecule has 0 amide bonds. The van der Waals surface area contributed by atoms with E-state index in [4.69, 9.17) is 0 Å². The first-order valence-electron chi connectivity index (χ1n) is 18.1. The van der Waals surface area contributed by atoms with Crippen molar-refractivity contribution in [3.05, 3.63) is 199 Å². The summed E-state index contributed by atoms with van der Waals surface area (Å²) in [5.74, 6) is 0.0491. The first kappa shape index (κ1) is 32.2. The lowest BCUT2D eigenvalue weighted by molar-refractivity contribution is 0.101. The van der Waals surface area contributed by atoms with Crippen molar-refractivity contribution >= 4 is 27.6 Å². The Morgan fingerprint density at radius 3 is 1.51 bits per heavy atom. The molecule has 2 nitrogen and oxygen atoms in total. The summed E-state index contributed by atoms with van der Waals surface area (Å²) in [5, 5.41) is 2.46. The van der Waals surface area contributed by atoms with E-state index in [2.05, 4.69) is 187 Å². The second kappa shape index (κ2) is 13.4. The highest BCUT2D eigenvalue weighted by Gasteiger charge is 2.17. The summed E-state index contributed by atoms with van der Waals surface area (Å²) < 4.78 is 2.34. The monoisotopic (exact) mass is 679 g/mol. The number of ketones is 1. The molecule has 0 saturated heterocycles. The average molecular weight is 680 g/mol. The molecular weight excluding hydrogens is 643 g/mol. The normalized spacial score (nSPS) is 11.3. The highest BCUT2D eigenvalue weighted by molar-refractivity contribution is 6.10. The van der Waals surface area contributed by atoms with Crippen LogP contribution in [0.3, 0.4) is 0 Å². The van der Waals surface area contributed by atoms with E-state index >= 15 is 0 Å². The van der Waals surface area contributed by atoms with E-state index in [9.17, 15) is 4.79 Å². The molecule has 0 fully saturated rings. The van der Waals surface area contributed by atoms with Crippen LogP contribution in [0.15, 0.2) is 188 Å². The number of rotatable bonds is 7. The van der Waals surface area contributed by atoms with Crippen molar-refractivity contribution < 1.29 is 4.79 Å². The number of hydrogen-bond donors (Lipinski definition) is 0. The third-order valence-corrected chi connectivity index (χ3v) is 10.4. The fourth-order valence-electron chi connectivity index (χ4n) is 7.79. The number of para-hydroxylation sites is 2. The van der Waals surface area contributed by atoms with Crippen LogP contribution in [-0.4, -0.2) is 10.4 Å². The van der Waals surface area contributed by atoms with Crippen molar-refractivity contribution in [2.24, 2.45) is 0 Å². The molecule has 0 N–H and O–H groups in total. The van der Waals surface area contributed by atoms with Crippen LogP contribution in [-0.2, 0) is 0 Å². The zero-order chi connectivity index (χ0) is 35.9. The Labute approximate surface area is 310 Å². The number of carbonyl (C=O) groups excluding carboxylic acids is 1. The number of hydrogen-bond acceptors (Lipinski definition) is 1. The lowest BCUT2D eigenvalue weighted by Crippen LogP contribution is -1.99. The molecule has 0 aliphatic rings. The minimum absolute atomic E-state index is 0.0491. The number of nitrogens with zero attached hydrogens (tertiary/aromatic N) is 1. The minimum atomic E-state index is 0.0491. The Kier molecular flexibility index (Phi) is 8.14. The first-order valence-corrected chi connectivity index (χ1v) is 18.1. The van der Waals surface area contributed by atoms with Crippen molar-refractivity contribution in [1.29, 1.82) is 0 Å². The lowest BCUT2D eigenvalue weighted by atomic mass is 9.88. The molecule has 0 aliphatic heterocycles. The molecule has 0 spiro atoms. The summed E-state index contributed by atoms with van der Waals surface area (Å²) in [7, 11) is 0. The summed E-state index contributed by atoms with van der Waals surface area (Å²) >= 11 is 0. The van der Waals surface area contributed by atoms with Gasteiger partial charge in [0.15, 0.2) is 5.78 Å². The summed E-state index contributed by atoms with van der Waals surface area (Å²) in [6, 6.07) is 66.6. The molecule has 2 heteroatoms. The number of fused-ring (bicyclic) bond motifs is 3. The number of aromatic nitrogens is 1. The van der Waals surface area contributed by atoms with Gasteiger partial charge < -0.3 is 4.57 Å². The van der Waals surface area contributed by atoms with E-state index in [1.807, 2.05) is 12.1 Å². The van der Waals surface area contributed by atoms with E-state index < -0.39 is 0 Å². The predicted octanol–water partition coefficient (Wildman–Crippen LogP) is 13.6. The van der Waals surface area contributed by atoms with Crippen LogP contribution >= 0.6 is 0 Å². The van der Waals surface area contributed by atoms with E-state index in [1.54, 1.807) is 6.92 Å². The molecule has 0 aliphatic carbocycles. The van der Waals surface area contributed by atoms with Gasteiger partial charge in [-0.1, -0.05) is 133 Å². The topological polar surface area (TPSA) is 22.0 Å². The third kappa shape index (κ3) is 5.95. The molecule has 0 atom stereocenters. The smallest absolute Gasteiger partial charge is 0.160 e. The van der Waals surface area contributed by atoms with Crippen LogP contribution in [0.5, 0.6) is 0 Å². The zero-order valence-corrected chi connectivity index (χ0v) is 29.8. The highest BCUT2D eigenvalue weighted by atomic mass is 16.1. The van der Waals surface area contributed by atoms with E-state index in [0.29, 0.717) is 0 Å². The summed E-state index contributed by atoms with van der Waals surface area (Å²) in [6.45, 7) is 3.81. The summed E-state index contributed by atoms with van der Waals surface area (Å²) in [6.07, 6.45) is 0. The third-order valence-electron chi connectivity index (χ3n) is 10.4. The quantitative estimate of drug-likeness (QED) is 0.154. The molecule has 1 aromatic heterocycles. The lowest BCUT2D eigenvalue weighted by Gasteiger charge is -2.16. The number of Topliss-reactive ketones (excluding diaryl/α,β-unsaturated/α-hetero) is 1. The summed E-state index contributed by atoms with van der Waals surface area (Å²) in [5.41, 5.74) is 16.4. The Morgan fingerprint density at radius 2 is 0.887 bits per heavy atom. The van der Waals surface area contributed by atoms with Crippen molar-refractivity contribution in [2.75, 3.05) is 0 Å². The van der Waals surface area contributed by atoms with Crippen LogP contribution in [0.2, 0.25) is 0 Å². The van der Waals surface area contributed by atoms with Gasteiger partial charge in [-0.05, 0) is 130 Å².